The number of nitrogens with one attached hydrogen (secondary N) is 1. The zero-order valence-electron chi connectivity index (χ0n) is 10.2. The van der Waals surface area contributed by atoms with E-state index in [1.807, 2.05) is 0 Å². The van der Waals surface area contributed by atoms with Crippen LogP contribution in [0.4, 0.5) is 19.0 Å². The van der Waals surface area contributed by atoms with Crippen molar-refractivity contribution in [1.29, 1.82) is 0 Å². The van der Waals surface area contributed by atoms with Crippen LogP contribution in [0.2, 0.25) is 0 Å². The summed E-state index contributed by atoms with van der Waals surface area (Å²) in [6, 6.07) is 6.10. The van der Waals surface area contributed by atoms with Crippen molar-refractivity contribution in [3.8, 4) is 0 Å². The molecule has 20 heavy (non-hydrogen) atoms. The van der Waals surface area contributed by atoms with E-state index in [1.165, 1.54) is 6.20 Å². The van der Waals surface area contributed by atoms with Gasteiger partial charge in [-0.2, -0.15) is 13.2 Å². The molecule has 2 aromatic rings. The van der Waals surface area contributed by atoms with Crippen LogP contribution in [0.3, 0.4) is 0 Å². The highest BCUT2D eigenvalue weighted by Crippen LogP contribution is 2.28. The largest absolute Gasteiger partial charge is 0.431 e. The van der Waals surface area contributed by atoms with E-state index in [0.717, 1.165) is 18.2 Å². The highest BCUT2D eigenvalue weighted by Gasteiger charge is 2.34. The Morgan fingerprint density at radius 1 is 1.25 bits per heavy atom. The Hall–Kier alpha value is -2.35. The van der Waals surface area contributed by atoms with Crippen molar-refractivity contribution in [1.82, 2.24) is 9.55 Å². The van der Waals surface area contributed by atoms with Crippen molar-refractivity contribution in [2.75, 3.05) is 5.43 Å². The zero-order chi connectivity index (χ0) is 14.8. The second kappa shape index (κ2) is 5.33. The number of alkyl halides is 3. The van der Waals surface area contributed by atoms with Crippen LogP contribution < -0.4 is 16.8 Å². The number of anilines is 1. The molecule has 0 aliphatic heterocycles. The first kappa shape index (κ1) is 14.1. The molecule has 0 unspecified atom stereocenters. The monoisotopic (exact) mass is 284 g/mol. The molecule has 3 N–H and O–H groups in total. The predicted octanol–water partition coefficient (Wildman–Crippen LogP) is 1.60. The molecule has 0 saturated carbocycles. The van der Waals surface area contributed by atoms with Gasteiger partial charge in [-0.1, -0.05) is 12.1 Å². The molecule has 5 nitrogen and oxygen atoms in total. The van der Waals surface area contributed by atoms with E-state index in [-0.39, 0.29) is 12.4 Å². The SMILES string of the molecule is NNc1ncccc1Cn1c(C(F)(F)F)cccc1=O. The standard InChI is InChI=1S/C12H11F3N4O/c13-12(14,15)9-4-1-5-10(20)19(9)7-8-3-2-6-17-11(8)18-16/h1-6H,7,16H2,(H,17,18). The van der Waals surface area contributed by atoms with Crippen LogP contribution in [0, 0.1) is 0 Å². The Balaban J connectivity index is 2.51. The van der Waals surface area contributed by atoms with E-state index in [2.05, 4.69) is 10.4 Å². The molecule has 0 radical (unpaired) electrons. The van der Waals surface area contributed by atoms with Gasteiger partial charge in [0.25, 0.3) is 5.56 Å². The number of hydrogen-bond donors (Lipinski definition) is 2. The minimum absolute atomic E-state index is 0.219. The number of hydrogen-bond acceptors (Lipinski definition) is 4. The summed E-state index contributed by atoms with van der Waals surface area (Å²) < 4.78 is 39.3. The minimum Gasteiger partial charge on any atom is -0.308 e. The minimum atomic E-state index is -4.61. The second-order valence-corrected chi connectivity index (χ2v) is 3.99. The number of pyridine rings is 2. The fraction of sp³-hybridized carbons (Fsp3) is 0.167. The van der Waals surface area contributed by atoms with Crippen LogP contribution in [0.25, 0.3) is 0 Å². The molecular formula is C12H11F3N4O. The smallest absolute Gasteiger partial charge is 0.308 e. The number of nitrogens with two attached hydrogens (primary N) is 1. The molecule has 0 atom stereocenters. The zero-order valence-corrected chi connectivity index (χ0v) is 10.2. The maximum Gasteiger partial charge on any atom is 0.431 e. The molecule has 0 bridgehead atoms. The molecule has 106 valence electrons. The van der Waals surface area contributed by atoms with Gasteiger partial charge in [-0.15, -0.1) is 0 Å². The molecule has 0 amide bonds. The summed E-state index contributed by atoms with van der Waals surface area (Å²) in [7, 11) is 0. The molecule has 0 spiro atoms. The molecule has 0 saturated heterocycles. The first-order valence-electron chi connectivity index (χ1n) is 5.61. The van der Waals surface area contributed by atoms with Gasteiger partial charge in [0.1, 0.15) is 11.5 Å². The fourth-order valence-corrected chi connectivity index (χ4v) is 1.80. The lowest BCUT2D eigenvalue weighted by molar-refractivity contribution is -0.144. The number of halogens is 3. The van der Waals surface area contributed by atoms with E-state index < -0.39 is 17.4 Å². The van der Waals surface area contributed by atoms with Gasteiger partial charge in [0.2, 0.25) is 0 Å². The van der Waals surface area contributed by atoms with E-state index in [1.54, 1.807) is 12.1 Å². The summed E-state index contributed by atoms with van der Waals surface area (Å²) in [5, 5.41) is 0. The van der Waals surface area contributed by atoms with E-state index in [4.69, 9.17) is 5.84 Å². The van der Waals surface area contributed by atoms with Crippen LogP contribution >= 0.6 is 0 Å². The van der Waals surface area contributed by atoms with Gasteiger partial charge in [0.15, 0.2) is 0 Å². The number of aromatic nitrogens is 2. The first-order chi connectivity index (χ1) is 9.43. The fourth-order valence-electron chi connectivity index (χ4n) is 1.80. The topological polar surface area (TPSA) is 72.9 Å². The highest BCUT2D eigenvalue weighted by atomic mass is 19.4. The third kappa shape index (κ3) is 2.80. The lowest BCUT2D eigenvalue weighted by Gasteiger charge is -2.16. The molecule has 8 heteroatoms. The van der Waals surface area contributed by atoms with Gasteiger partial charge in [-0.05, 0) is 12.1 Å². The van der Waals surface area contributed by atoms with Crippen LogP contribution in [-0.4, -0.2) is 9.55 Å². The molecule has 0 fully saturated rings. The highest BCUT2D eigenvalue weighted by molar-refractivity contribution is 5.42. The summed E-state index contributed by atoms with van der Waals surface area (Å²) in [5.41, 5.74) is 0.908. The Morgan fingerprint density at radius 3 is 2.65 bits per heavy atom. The lowest BCUT2D eigenvalue weighted by atomic mass is 10.2. The Labute approximate surface area is 111 Å². The molecule has 0 aromatic carbocycles. The van der Waals surface area contributed by atoms with Gasteiger partial charge in [-0.3, -0.25) is 9.36 Å². The summed E-state index contributed by atoms with van der Waals surface area (Å²) in [4.78, 5) is 15.6. The summed E-state index contributed by atoms with van der Waals surface area (Å²) in [5.74, 6) is 5.46. The van der Waals surface area contributed by atoms with Gasteiger partial charge >= 0.3 is 6.18 Å². The predicted molar refractivity (Wildman–Crippen MR) is 66.9 cm³/mol. The van der Waals surface area contributed by atoms with Crippen LogP contribution in [0.15, 0.2) is 41.3 Å². The molecule has 2 aromatic heterocycles. The normalized spacial score (nSPS) is 11.4. The second-order valence-electron chi connectivity index (χ2n) is 3.99. The summed E-state index contributed by atoms with van der Waals surface area (Å²) in [6.45, 7) is -0.276. The third-order valence-electron chi connectivity index (χ3n) is 2.70. The van der Waals surface area contributed by atoms with Crippen molar-refractivity contribution in [3.05, 3.63) is 58.1 Å². The molecule has 0 aliphatic rings. The Bertz CT molecular complexity index is 666. The number of rotatable bonds is 3. The third-order valence-corrected chi connectivity index (χ3v) is 2.70. The average Bonchev–Trinajstić information content (AvgIpc) is 2.40. The molecular weight excluding hydrogens is 273 g/mol. The van der Waals surface area contributed by atoms with Crippen LogP contribution in [-0.2, 0) is 12.7 Å². The van der Waals surface area contributed by atoms with E-state index >= 15 is 0 Å². The lowest BCUT2D eigenvalue weighted by Crippen LogP contribution is -2.28. The van der Waals surface area contributed by atoms with E-state index in [0.29, 0.717) is 10.1 Å². The van der Waals surface area contributed by atoms with Crippen molar-refractivity contribution in [2.24, 2.45) is 5.84 Å². The molecule has 0 aliphatic carbocycles. The Morgan fingerprint density at radius 2 is 2.00 bits per heavy atom. The summed E-state index contributed by atoms with van der Waals surface area (Å²) in [6.07, 6.45) is -3.17. The maximum absolute atomic E-state index is 12.9. The number of nitrogen functional groups attached to an aromatic ring is 1. The Kier molecular flexibility index (Phi) is 3.75. The molecule has 2 heterocycles. The summed E-state index contributed by atoms with van der Waals surface area (Å²) >= 11 is 0. The van der Waals surface area contributed by atoms with Crippen LogP contribution in [0.1, 0.15) is 11.3 Å². The van der Waals surface area contributed by atoms with Gasteiger partial charge in [0.05, 0.1) is 6.54 Å². The molecule has 2 rings (SSSR count). The van der Waals surface area contributed by atoms with Crippen molar-refractivity contribution < 1.29 is 13.2 Å². The maximum atomic E-state index is 12.9. The van der Waals surface area contributed by atoms with Gasteiger partial charge in [0, 0.05) is 17.8 Å². The number of hydrazine groups is 1. The van der Waals surface area contributed by atoms with Crippen molar-refractivity contribution in [3.63, 3.8) is 0 Å². The first-order valence-corrected chi connectivity index (χ1v) is 5.61. The van der Waals surface area contributed by atoms with Crippen LogP contribution in [0.5, 0.6) is 0 Å². The van der Waals surface area contributed by atoms with Crippen molar-refractivity contribution >= 4 is 5.82 Å². The quantitative estimate of drug-likeness (QED) is 0.663. The van der Waals surface area contributed by atoms with Crippen molar-refractivity contribution in [2.45, 2.75) is 12.7 Å². The number of nitrogens with zero attached hydrogens (tertiary/aromatic N) is 2. The van der Waals surface area contributed by atoms with Gasteiger partial charge in [-0.25, -0.2) is 10.8 Å². The van der Waals surface area contributed by atoms with E-state index in [9.17, 15) is 18.0 Å². The average molecular weight is 284 g/mol. The van der Waals surface area contributed by atoms with Gasteiger partial charge < -0.3 is 5.43 Å².